The molecule has 54 heavy (non-hydrogen) atoms. The lowest BCUT2D eigenvalue weighted by atomic mass is 10.0. The van der Waals surface area contributed by atoms with Crippen molar-refractivity contribution in [2.45, 2.75) is 53.4 Å². The van der Waals surface area contributed by atoms with Gasteiger partial charge in [0.2, 0.25) is 5.75 Å². The zero-order valence-electron chi connectivity index (χ0n) is 29.1. The number of aromatic hydroxyl groups is 1. The number of rotatable bonds is 6. The number of halogens is 4. The van der Waals surface area contributed by atoms with E-state index in [1.165, 1.54) is 6.20 Å². The highest BCUT2D eigenvalue weighted by molar-refractivity contribution is 6.37. The minimum Gasteiger partial charge on any atom is -0.501 e. The maximum atomic E-state index is 14.0. The number of hydrogen-bond donors (Lipinski definition) is 2. The third-order valence-electron chi connectivity index (χ3n) is 8.27. The van der Waals surface area contributed by atoms with Crippen molar-refractivity contribution in [3.63, 3.8) is 0 Å². The second-order valence-electron chi connectivity index (χ2n) is 12.5. The highest BCUT2D eigenvalue weighted by Gasteiger charge is 2.31. The van der Waals surface area contributed by atoms with Crippen LogP contribution in [-0.2, 0) is 0 Å². The van der Waals surface area contributed by atoms with Crippen LogP contribution < -0.4 is 16.7 Å². The molecule has 0 unspecified atom stereocenters. The number of hydrogen-bond acceptors (Lipinski definition) is 11. The van der Waals surface area contributed by atoms with E-state index in [0.29, 0.717) is 34.3 Å². The second kappa shape index (κ2) is 14.7. The lowest BCUT2D eigenvalue weighted by molar-refractivity contribution is -0.387. The summed E-state index contributed by atoms with van der Waals surface area (Å²) in [6.45, 7) is 10.8. The number of aromatic nitrogens is 6. The van der Waals surface area contributed by atoms with Crippen LogP contribution in [-0.4, -0.2) is 44.0 Å². The Bertz CT molecular complexity index is 2750. The summed E-state index contributed by atoms with van der Waals surface area (Å²) in [6, 6.07) is 4.84. The lowest BCUT2D eigenvalue weighted by Gasteiger charge is -2.18. The highest BCUT2D eigenvalue weighted by atomic mass is 35.5. The van der Waals surface area contributed by atoms with Crippen molar-refractivity contribution in [1.29, 1.82) is 0 Å². The molecule has 0 amide bonds. The van der Waals surface area contributed by atoms with Gasteiger partial charge in [0, 0.05) is 17.8 Å². The van der Waals surface area contributed by atoms with Crippen molar-refractivity contribution < 1.29 is 23.7 Å². The van der Waals surface area contributed by atoms with E-state index in [2.05, 4.69) is 19.9 Å². The number of aromatic amines is 1. The van der Waals surface area contributed by atoms with Crippen molar-refractivity contribution in [3.05, 3.63) is 132 Å². The van der Waals surface area contributed by atoms with E-state index in [9.17, 15) is 48.5 Å². The molecule has 0 aliphatic heterocycles. The Labute approximate surface area is 311 Å². The van der Waals surface area contributed by atoms with Crippen LogP contribution in [0.3, 0.4) is 0 Å². The number of nitrogens with one attached hydrogen (secondary N) is 1. The average molecular weight is 786 g/mol. The van der Waals surface area contributed by atoms with Gasteiger partial charge in [-0.15, -0.1) is 0 Å². The van der Waals surface area contributed by atoms with E-state index in [1.54, 1.807) is 32.2 Å². The van der Waals surface area contributed by atoms with Crippen LogP contribution in [0.25, 0.3) is 33.4 Å². The molecule has 16 nitrogen and oxygen atoms in total. The van der Waals surface area contributed by atoms with Crippen LogP contribution in [0.2, 0.25) is 10.2 Å². The van der Waals surface area contributed by atoms with Gasteiger partial charge in [-0.25, -0.2) is 13.8 Å². The quantitative estimate of drug-likeness (QED) is 0.101. The Hall–Kier alpha value is -6.14. The highest BCUT2D eigenvalue weighted by Crippen LogP contribution is 2.35. The van der Waals surface area contributed by atoms with Gasteiger partial charge < -0.3 is 10.1 Å². The minimum absolute atomic E-state index is 0.0833. The molecule has 0 aliphatic rings. The molecule has 0 bridgehead atoms. The Kier molecular flexibility index (Phi) is 10.6. The van der Waals surface area contributed by atoms with Crippen LogP contribution >= 0.6 is 23.2 Å². The Morgan fingerprint density at radius 3 is 1.78 bits per heavy atom. The van der Waals surface area contributed by atoms with Gasteiger partial charge in [-0.3, -0.25) is 53.7 Å². The van der Waals surface area contributed by atoms with Crippen LogP contribution in [0.15, 0.2) is 51.0 Å². The first-order chi connectivity index (χ1) is 25.3. The summed E-state index contributed by atoms with van der Waals surface area (Å²) < 4.78 is 29.6. The molecule has 0 saturated heterocycles. The molecule has 0 radical (unpaired) electrons. The van der Waals surface area contributed by atoms with Gasteiger partial charge in [-0.2, -0.15) is 0 Å². The Balaban J connectivity index is 0.000000208. The van der Waals surface area contributed by atoms with Crippen molar-refractivity contribution in [3.8, 4) is 17.1 Å². The number of H-pyrrole nitrogens is 1. The van der Waals surface area contributed by atoms with Crippen molar-refractivity contribution in [2.24, 2.45) is 0 Å². The van der Waals surface area contributed by atoms with Gasteiger partial charge in [0.1, 0.15) is 10.7 Å². The molecule has 6 rings (SSSR count). The first-order valence-electron chi connectivity index (χ1n) is 15.8. The lowest BCUT2D eigenvalue weighted by Crippen LogP contribution is -2.26. The summed E-state index contributed by atoms with van der Waals surface area (Å²) in [6.07, 6.45) is 3.10. The van der Waals surface area contributed by atoms with E-state index in [-0.39, 0.29) is 39.6 Å². The first-order valence-corrected chi connectivity index (χ1v) is 16.6. The van der Waals surface area contributed by atoms with Crippen molar-refractivity contribution >= 4 is 56.6 Å². The normalized spacial score (nSPS) is 11.3. The number of pyridine rings is 6. The van der Waals surface area contributed by atoms with Crippen molar-refractivity contribution in [2.75, 3.05) is 0 Å². The average Bonchev–Trinajstić information content (AvgIpc) is 3.08. The Morgan fingerprint density at radius 2 is 1.28 bits per heavy atom. The second-order valence-corrected chi connectivity index (χ2v) is 13.3. The largest absolute Gasteiger partial charge is 0.501 e. The summed E-state index contributed by atoms with van der Waals surface area (Å²) in [7, 11) is 0. The standard InChI is InChI=1S/C17H13Cl2FN4O3.C17H15FN4O5/c1-7(2)12-13(8(3)4-5-21-12)23-16-9(6-10(20)15(19)22-16)11(18)14(17(23)25)24(26)27;1-7(2)11-12(8(3)4-5-19-11)21-15-9(6-10(18)16(24)20-15)14(23)13(17(21)25)22(26)27/h4-7H,1-3H3;4-7,23H,1-3H3,(H,20,24). The summed E-state index contributed by atoms with van der Waals surface area (Å²) in [5.74, 6) is -3.43. The monoisotopic (exact) mass is 784 g/mol. The van der Waals surface area contributed by atoms with Gasteiger partial charge in [0.25, 0.3) is 5.56 Å². The number of fused-ring (bicyclic) bond motifs is 2. The molecule has 0 aliphatic carbocycles. The molecule has 6 heterocycles. The molecule has 0 spiro atoms. The Morgan fingerprint density at radius 1 is 0.796 bits per heavy atom. The maximum Gasteiger partial charge on any atom is 0.376 e. The van der Waals surface area contributed by atoms with E-state index >= 15 is 0 Å². The van der Waals surface area contributed by atoms with Gasteiger partial charge in [0.05, 0.1) is 38.0 Å². The third-order valence-corrected chi connectivity index (χ3v) is 8.92. The molecule has 6 aromatic heterocycles. The zero-order valence-corrected chi connectivity index (χ0v) is 30.6. The molecule has 2 N–H and O–H groups in total. The van der Waals surface area contributed by atoms with Gasteiger partial charge in [-0.1, -0.05) is 50.9 Å². The van der Waals surface area contributed by atoms with E-state index in [4.69, 9.17) is 23.2 Å². The SMILES string of the molecule is Cc1ccnc(C(C)C)c1-n1c(=O)c([N+](=O)[O-])c(Cl)c2cc(F)c(Cl)nc21.Cc1ccnc(C(C)C)c1-n1c(=O)c([N+](=O)[O-])c(O)c2cc(F)c(=O)[nH]c21. The van der Waals surface area contributed by atoms with Crippen LogP contribution in [0.4, 0.5) is 20.2 Å². The van der Waals surface area contributed by atoms with E-state index in [0.717, 1.165) is 15.2 Å². The van der Waals surface area contributed by atoms with Gasteiger partial charge in [-0.05, 0) is 61.1 Å². The molecular formula is C34H28Cl2F2N8O8. The number of nitro groups is 2. The molecule has 280 valence electrons. The molecule has 6 aromatic rings. The smallest absolute Gasteiger partial charge is 0.376 e. The summed E-state index contributed by atoms with van der Waals surface area (Å²) in [5, 5.41) is 31.6. The molecule has 0 fully saturated rings. The van der Waals surface area contributed by atoms with Crippen LogP contribution in [0.1, 0.15) is 62.0 Å². The maximum absolute atomic E-state index is 14.0. The summed E-state index contributed by atoms with van der Waals surface area (Å²) in [4.78, 5) is 73.3. The van der Waals surface area contributed by atoms with Crippen LogP contribution in [0, 0.1) is 45.7 Å². The van der Waals surface area contributed by atoms with Crippen molar-refractivity contribution in [1.82, 2.24) is 29.1 Å². The fraction of sp³-hybridized carbons (Fsp3) is 0.235. The van der Waals surface area contributed by atoms with E-state index in [1.807, 2.05) is 27.7 Å². The predicted octanol–water partition coefficient (Wildman–Crippen LogP) is 6.83. The van der Waals surface area contributed by atoms with E-state index < -0.39 is 65.5 Å². The minimum atomic E-state index is -1.25. The summed E-state index contributed by atoms with van der Waals surface area (Å²) >= 11 is 11.8. The van der Waals surface area contributed by atoms with Gasteiger partial charge >= 0.3 is 22.5 Å². The first kappa shape index (κ1) is 39.1. The predicted molar refractivity (Wildman–Crippen MR) is 196 cm³/mol. The zero-order chi connectivity index (χ0) is 40.1. The number of nitrogens with zero attached hydrogens (tertiary/aromatic N) is 7. The molecule has 0 saturated carbocycles. The van der Waals surface area contributed by atoms with Gasteiger partial charge in [0.15, 0.2) is 22.4 Å². The summed E-state index contributed by atoms with van der Waals surface area (Å²) in [5.41, 5.74) is -2.89. The number of aryl methyl sites for hydroxylation is 2. The molecule has 0 atom stereocenters. The topological polar surface area (TPSA) is 222 Å². The molecule has 0 aromatic carbocycles. The fourth-order valence-corrected chi connectivity index (χ4v) is 6.24. The van der Waals surface area contributed by atoms with Crippen LogP contribution in [0.5, 0.6) is 5.75 Å². The molecular weight excluding hydrogens is 757 g/mol. The molecule has 20 heteroatoms. The third kappa shape index (κ3) is 6.64. The fourth-order valence-electron chi connectivity index (χ4n) is 5.81.